The number of carbonyl (C=O) groups is 2. The maximum Gasteiger partial charge on any atom is 0.460 e. The number of halogens is 5. The molecule has 0 aliphatic rings. The predicted molar refractivity (Wildman–Crippen MR) is 96.1 cm³/mol. The van der Waals surface area contributed by atoms with E-state index in [-0.39, 0.29) is 16.5 Å². The number of ether oxygens (including phenoxy) is 2. The van der Waals surface area contributed by atoms with Gasteiger partial charge in [-0.3, -0.25) is 5.32 Å². The lowest BCUT2D eigenvalue weighted by molar-refractivity contribution is -0.259. The molecule has 0 heterocycles. The van der Waals surface area contributed by atoms with Crippen molar-refractivity contribution in [1.29, 1.82) is 0 Å². The van der Waals surface area contributed by atoms with Gasteiger partial charge in [0.15, 0.2) is 0 Å². The first-order valence-electron chi connectivity index (χ1n) is 8.11. The Morgan fingerprint density at radius 2 is 1.76 bits per heavy atom. The number of carbonyl (C=O) groups excluding carboxylic acids is 2. The highest BCUT2D eigenvalue weighted by Gasteiger charge is 2.66. The van der Waals surface area contributed by atoms with Gasteiger partial charge < -0.3 is 14.8 Å². The second kappa shape index (κ2) is 8.99. The fourth-order valence-corrected chi connectivity index (χ4v) is 2.34. The van der Waals surface area contributed by atoms with Gasteiger partial charge in [0.05, 0.1) is 11.6 Å². The van der Waals surface area contributed by atoms with E-state index in [0.29, 0.717) is 0 Å². The lowest BCUT2D eigenvalue weighted by Crippen LogP contribution is -2.69. The number of hydrogen-bond donors (Lipinski definition) is 2. The Balaban J connectivity index is 2.37. The van der Waals surface area contributed by atoms with E-state index in [4.69, 9.17) is 16.3 Å². The van der Waals surface area contributed by atoms with Gasteiger partial charge in [0.2, 0.25) is 0 Å². The van der Waals surface area contributed by atoms with Crippen molar-refractivity contribution in [2.75, 3.05) is 11.9 Å². The minimum absolute atomic E-state index is 0.117. The van der Waals surface area contributed by atoms with Gasteiger partial charge in [0.25, 0.3) is 0 Å². The van der Waals surface area contributed by atoms with E-state index in [1.165, 1.54) is 42.6 Å². The van der Waals surface area contributed by atoms with E-state index in [9.17, 15) is 27.2 Å². The molecule has 1 atom stereocenters. The number of para-hydroxylation sites is 1. The number of anilines is 1. The molecule has 2 N–H and O–H groups in total. The van der Waals surface area contributed by atoms with Gasteiger partial charge in [-0.25, -0.2) is 14.0 Å². The maximum atomic E-state index is 13.9. The van der Waals surface area contributed by atoms with E-state index < -0.39 is 36.3 Å². The minimum atomic E-state index is -5.40. The first-order chi connectivity index (χ1) is 13.6. The van der Waals surface area contributed by atoms with Crippen molar-refractivity contribution < 1.29 is 36.6 Å². The molecule has 0 aliphatic carbocycles. The highest BCUT2D eigenvalue weighted by Crippen LogP contribution is 2.34. The topological polar surface area (TPSA) is 76.7 Å². The molecule has 0 unspecified atom stereocenters. The molecular formula is C18H15ClF4N2O4. The van der Waals surface area contributed by atoms with Crippen LogP contribution in [0, 0.1) is 5.82 Å². The molecular weight excluding hydrogens is 420 g/mol. The van der Waals surface area contributed by atoms with Crippen LogP contribution in [-0.4, -0.2) is 30.5 Å². The van der Waals surface area contributed by atoms with Gasteiger partial charge in [0, 0.05) is 5.69 Å². The summed E-state index contributed by atoms with van der Waals surface area (Å²) < 4.78 is 64.3. The second-order valence-electron chi connectivity index (χ2n) is 5.52. The largest absolute Gasteiger partial charge is 0.461 e. The van der Waals surface area contributed by atoms with Crippen LogP contribution in [0.25, 0.3) is 0 Å². The molecule has 2 aromatic rings. The zero-order chi connectivity index (χ0) is 21.7. The summed E-state index contributed by atoms with van der Waals surface area (Å²) in [5.41, 5.74) is -3.95. The molecule has 0 bridgehead atoms. The summed E-state index contributed by atoms with van der Waals surface area (Å²) in [4.78, 5) is 24.4. The van der Waals surface area contributed by atoms with Crippen molar-refractivity contribution in [3.63, 3.8) is 0 Å². The average molecular weight is 435 g/mol. The van der Waals surface area contributed by atoms with Crippen molar-refractivity contribution in [2.24, 2.45) is 0 Å². The van der Waals surface area contributed by atoms with Crippen LogP contribution in [0.2, 0.25) is 5.02 Å². The highest BCUT2D eigenvalue weighted by atomic mass is 35.5. The highest BCUT2D eigenvalue weighted by molar-refractivity contribution is 6.31. The number of esters is 1. The molecule has 11 heteroatoms. The fraction of sp³-hybridized carbons (Fsp3) is 0.222. The van der Waals surface area contributed by atoms with Gasteiger partial charge in [-0.2, -0.15) is 13.2 Å². The number of alkyl halides is 3. The van der Waals surface area contributed by atoms with Crippen LogP contribution in [0.5, 0.6) is 5.75 Å². The average Bonchev–Trinajstić information content (AvgIpc) is 2.64. The summed E-state index contributed by atoms with van der Waals surface area (Å²) in [5, 5.41) is 3.14. The smallest absolute Gasteiger partial charge is 0.460 e. The number of hydrogen-bond acceptors (Lipinski definition) is 4. The van der Waals surface area contributed by atoms with E-state index in [0.717, 1.165) is 18.2 Å². The van der Waals surface area contributed by atoms with Crippen LogP contribution < -0.4 is 15.4 Å². The Morgan fingerprint density at radius 3 is 2.31 bits per heavy atom. The van der Waals surface area contributed by atoms with Crippen molar-refractivity contribution in [3.8, 4) is 5.75 Å². The third-order valence-electron chi connectivity index (χ3n) is 3.44. The Kier molecular flexibility index (Phi) is 6.91. The summed E-state index contributed by atoms with van der Waals surface area (Å²) in [6.45, 7) is 0.897. The van der Waals surface area contributed by atoms with Gasteiger partial charge >= 0.3 is 23.9 Å². The number of rotatable bonds is 6. The van der Waals surface area contributed by atoms with Crippen LogP contribution in [-0.2, 0) is 9.53 Å². The van der Waals surface area contributed by atoms with E-state index in [1.54, 1.807) is 0 Å². The van der Waals surface area contributed by atoms with Gasteiger partial charge in [0.1, 0.15) is 11.6 Å². The maximum absolute atomic E-state index is 13.9. The SMILES string of the molecule is CCOC(=O)[C@@](NC(=O)Nc1ccc(F)c(Cl)c1)(Oc1ccccc1)C(F)(F)F. The summed E-state index contributed by atoms with van der Waals surface area (Å²) in [5.74, 6) is -3.01. The van der Waals surface area contributed by atoms with Crippen molar-refractivity contribution >= 4 is 29.3 Å². The predicted octanol–water partition coefficient (Wildman–Crippen LogP) is 4.50. The molecule has 156 valence electrons. The first kappa shape index (κ1) is 22.3. The van der Waals surface area contributed by atoms with Crippen LogP contribution in [0.3, 0.4) is 0 Å². The Labute approximate surface area is 167 Å². The van der Waals surface area contributed by atoms with Crippen LogP contribution in [0.1, 0.15) is 6.92 Å². The number of benzene rings is 2. The van der Waals surface area contributed by atoms with Gasteiger partial charge in [-0.05, 0) is 37.3 Å². The Morgan fingerprint density at radius 1 is 1.10 bits per heavy atom. The first-order valence-corrected chi connectivity index (χ1v) is 8.49. The third kappa shape index (κ3) is 5.29. The molecule has 2 rings (SSSR count). The molecule has 0 aromatic heterocycles. The van der Waals surface area contributed by atoms with Crippen molar-refractivity contribution in [1.82, 2.24) is 5.32 Å². The van der Waals surface area contributed by atoms with E-state index in [2.05, 4.69) is 4.74 Å². The van der Waals surface area contributed by atoms with Crippen LogP contribution in [0.4, 0.5) is 28.0 Å². The summed E-state index contributed by atoms with van der Waals surface area (Å²) >= 11 is 5.58. The Bertz CT molecular complexity index is 880. The quantitative estimate of drug-likeness (QED) is 0.399. The normalized spacial score (nSPS) is 13.2. The molecule has 0 saturated heterocycles. The van der Waals surface area contributed by atoms with Crippen molar-refractivity contribution in [2.45, 2.75) is 18.8 Å². The van der Waals surface area contributed by atoms with Crippen LogP contribution in [0.15, 0.2) is 48.5 Å². The minimum Gasteiger partial charge on any atom is -0.461 e. The third-order valence-corrected chi connectivity index (χ3v) is 3.73. The lowest BCUT2D eigenvalue weighted by atomic mass is 10.2. The molecule has 0 spiro atoms. The zero-order valence-corrected chi connectivity index (χ0v) is 15.6. The Hall–Kier alpha value is -3.01. The zero-order valence-electron chi connectivity index (χ0n) is 14.8. The molecule has 0 saturated carbocycles. The number of nitrogens with one attached hydrogen (secondary N) is 2. The lowest BCUT2D eigenvalue weighted by Gasteiger charge is -2.33. The second-order valence-corrected chi connectivity index (χ2v) is 5.93. The van der Waals surface area contributed by atoms with E-state index >= 15 is 0 Å². The van der Waals surface area contributed by atoms with Gasteiger partial charge in [-0.1, -0.05) is 29.8 Å². The van der Waals surface area contributed by atoms with Crippen LogP contribution >= 0.6 is 11.6 Å². The summed E-state index contributed by atoms with van der Waals surface area (Å²) in [7, 11) is 0. The molecule has 0 aliphatic heterocycles. The number of urea groups is 1. The number of amides is 2. The standard InChI is InChI=1S/C18H15ClF4N2O4/c1-2-28-15(26)17(18(21,22)23,29-12-6-4-3-5-7-12)25-16(27)24-11-8-9-14(20)13(19)10-11/h3-10H,2H2,1H3,(H2,24,25,27)/t17-/m1/s1. The van der Waals surface area contributed by atoms with Crippen molar-refractivity contribution in [3.05, 3.63) is 59.4 Å². The molecule has 6 nitrogen and oxygen atoms in total. The molecule has 29 heavy (non-hydrogen) atoms. The van der Waals surface area contributed by atoms with E-state index in [1.807, 2.05) is 5.32 Å². The summed E-state index contributed by atoms with van der Waals surface area (Å²) in [6, 6.07) is 8.09. The summed E-state index contributed by atoms with van der Waals surface area (Å²) in [6.07, 6.45) is -5.40. The molecule has 2 amide bonds. The monoisotopic (exact) mass is 434 g/mol. The fourth-order valence-electron chi connectivity index (χ4n) is 2.16. The molecule has 0 fully saturated rings. The van der Waals surface area contributed by atoms with Gasteiger partial charge in [-0.15, -0.1) is 0 Å². The molecule has 0 radical (unpaired) electrons. The molecule has 2 aromatic carbocycles.